The number of carbonyl (C=O) groups excluding carboxylic acids is 1. The molecule has 0 aromatic rings. The fourth-order valence-corrected chi connectivity index (χ4v) is 0.519. The molecule has 4 nitrogen and oxygen atoms in total. The first-order valence-corrected chi connectivity index (χ1v) is 3.53. The van der Waals surface area contributed by atoms with E-state index in [1.54, 1.807) is 6.92 Å². The minimum Gasteiger partial charge on any atom is -0.428 e. The van der Waals surface area contributed by atoms with Gasteiger partial charge in [0.2, 0.25) is 6.29 Å². The lowest BCUT2D eigenvalue weighted by Crippen LogP contribution is -2.15. The zero-order valence-electron chi connectivity index (χ0n) is 6.83. The molecule has 0 spiro atoms. The molecule has 1 unspecified atom stereocenters. The Hall–Kier alpha value is -0.610. The molecule has 0 aliphatic rings. The van der Waals surface area contributed by atoms with Gasteiger partial charge >= 0.3 is 6.47 Å². The van der Waals surface area contributed by atoms with Crippen LogP contribution in [0.15, 0.2) is 0 Å². The summed E-state index contributed by atoms with van der Waals surface area (Å²) < 4.78 is 14.3. The average Bonchev–Trinajstić information content (AvgIpc) is 1.99. The van der Waals surface area contributed by atoms with Crippen LogP contribution in [0.25, 0.3) is 0 Å². The van der Waals surface area contributed by atoms with Crippen LogP contribution in [0.1, 0.15) is 13.8 Å². The van der Waals surface area contributed by atoms with E-state index >= 15 is 0 Å². The van der Waals surface area contributed by atoms with E-state index in [0.29, 0.717) is 19.8 Å². The first-order chi connectivity index (χ1) is 5.31. The molecule has 0 bridgehead atoms. The third-order valence-corrected chi connectivity index (χ3v) is 0.998. The maximum atomic E-state index is 9.65. The zero-order valence-corrected chi connectivity index (χ0v) is 6.83. The van der Waals surface area contributed by atoms with Crippen molar-refractivity contribution in [2.75, 3.05) is 19.8 Å². The molecule has 0 aliphatic heterocycles. The molecule has 0 aromatic heterocycles. The highest BCUT2D eigenvalue weighted by Gasteiger charge is 1.99. The molecule has 65 valence electrons. The third-order valence-electron chi connectivity index (χ3n) is 0.998. The molecule has 0 rings (SSSR count). The van der Waals surface area contributed by atoms with Gasteiger partial charge in [0.25, 0.3) is 0 Å². The van der Waals surface area contributed by atoms with Crippen LogP contribution in [-0.2, 0) is 19.0 Å². The normalized spacial score (nSPS) is 12.5. The van der Waals surface area contributed by atoms with Crippen LogP contribution in [0.5, 0.6) is 0 Å². The van der Waals surface area contributed by atoms with E-state index < -0.39 is 6.29 Å². The lowest BCUT2D eigenvalue weighted by Gasteiger charge is -2.09. The number of hydrogen-bond donors (Lipinski definition) is 0. The van der Waals surface area contributed by atoms with Crippen LogP contribution in [0.3, 0.4) is 0 Å². The van der Waals surface area contributed by atoms with Crippen molar-refractivity contribution < 1.29 is 19.0 Å². The maximum Gasteiger partial charge on any atom is 0.419 e. The Labute approximate surface area is 66.4 Å². The summed E-state index contributed by atoms with van der Waals surface area (Å²) in [4.78, 5) is 9.65. The van der Waals surface area contributed by atoms with Crippen molar-refractivity contribution in [1.29, 1.82) is 0 Å². The topological polar surface area (TPSA) is 44.8 Å². The highest BCUT2D eigenvalue weighted by atomic mass is 16.7. The Bertz CT molecular complexity index is 94.4. The molecule has 11 heavy (non-hydrogen) atoms. The standard InChI is InChI=1S/C7H13O4/c1-3-9-4-5-10-7(2)11-6-8/h7H,3-5H2,1-2H3. The van der Waals surface area contributed by atoms with E-state index in [4.69, 9.17) is 9.47 Å². The van der Waals surface area contributed by atoms with E-state index in [0.717, 1.165) is 0 Å². The molecule has 0 amide bonds. The fourth-order valence-electron chi connectivity index (χ4n) is 0.519. The van der Waals surface area contributed by atoms with Crippen molar-refractivity contribution in [1.82, 2.24) is 0 Å². The van der Waals surface area contributed by atoms with Crippen molar-refractivity contribution in [2.45, 2.75) is 20.1 Å². The molecule has 1 radical (unpaired) electrons. The van der Waals surface area contributed by atoms with E-state index in [2.05, 4.69) is 4.74 Å². The molecule has 0 aromatic carbocycles. The first kappa shape index (κ1) is 10.4. The van der Waals surface area contributed by atoms with Gasteiger partial charge in [0.1, 0.15) is 0 Å². The van der Waals surface area contributed by atoms with Crippen molar-refractivity contribution in [2.24, 2.45) is 0 Å². The quantitative estimate of drug-likeness (QED) is 0.402. The van der Waals surface area contributed by atoms with Crippen LogP contribution >= 0.6 is 0 Å². The second-order valence-electron chi connectivity index (χ2n) is 1.84. The number of ether oxygens (including phenoxy) is 3. The maximum absolute atomic E-state index is 9.65. The predicted octanol–water partition coefficient (Wildman–Crippen LogP) is 0.469. The summed E-state index contributed by atoms with van der Waals surface area (Å²) in [6.07, 6.45) is -0.534. The third kappa shape index (κ3) is 7.29. The summed E-state index contributed by atoms with van der Waals surface area (Å²) in [6.45, 7) is 6.43. The van der Waals surface area contributed by atoms with Gasteiger partial charge in [-0.3, -0.25) is 0 Å². The van der Waals surface area contributed by atoms with Crippen molar-refractivity contribution >= 4 is 6.47 Å². The van der Waals surface area contributed by atoms with Gasteiger partial charge in [-0.05, 0) is 13.8 Å². The van der Waals surface area contributed by atoms with Gasteiger partial charge in [-0.15, -0.1) is 0 Å². The number of rotatable bonds is 7. The molecule has 0 aliphatic carbocycles. The van der Waals surface area contributed by atoms with Gasteiger partial charge in [0.05, 0.1) is 13.2 Å². The van der Waals surface area contributed by atoms with Crippen molar-refractivity contribution in [3.63, 3.8) is 0 Å². The van der Waals surface area contributed by atoms with Gasteiger partial charge in [-0.1, -0.05) is 0 Å². The summed E-state index contributed by atoms with van der Waals surface area (Å²) in [5.74, 6) is 0. The Morgan fingerprint density at radius 1 is 1.45 bits per heavy atom. The van der Waals surface area contributed by atoms with E-state index in [-0.39, 0.29) is 0 Å². The smallest absolute Gasteiger partial charge is 0.419 e. The van der Waals surface area contributed by atoms with E-state index in [1.165, 1.54) is 6.47 Å². The van der Waals surface area contributed by atoms with Crippen molar-refractivity contribution in [3.05, 3.63) is 0 Å². The molecule has 0 saturated heterocycles. The summed E-state index contributed by atoms with van der Waals surface area (Å²) in [7, 11) is 0. The number of hydrogen-bond acceptors (Lipinski definition) is 4. The Morgan fingerprint density at radius 2 is 2.18 bits per heavy atom. The average molecular weight is 161 g/mol. The molecule has 4 heteroatoms. The van der Waals surface area contributed by atoms with Crippen LogP contribution in [0.4, 0.5) is 0 Å². The molecular weight excluding hydrogens is 148 g/mol. The highest BCUT2D eigenvalue weighted by Crippen LogP contribution is 1.90. The van der Waals surface area contributed by atoms with Gasteiger partial charge in [-0.25, -0.2) is 4.79 Å². The van der Waals surface area contributed by atoms with Gasteiger partial charge in [-0.2, -0.15) is 0 Å². The SMILES string of the molecule is CCOCCOC(C)O[C]=O. The van der Waals surface area contributed by atoms with E-state index in [1.807, 2.05) is 6.92 Å². The molecule has 1 atom stereocenters. The lowest BCUT2D eigenvalue weighted by atomic mass is 10.7. The van der Waals surface area contributed by atoms with Crippen LogP contribution in [0.2, 0.25) is 0 Å². The molecule has 0 saturated carbocycles. The monoisotopic (exact) mass is 161 g/mol. The largest absolute Gasteiger partial charge is 0.428 e. The molecular formula is C7H13O4. The Kier molecular flexibility index (Phi) is 7.08. The minimum atomic E-state index is -0.534. The van der Waals surface area contributed by atoms with E-state index in [9.17, 15) is 4.79 Å². The minimum absolute atomic E-state index is 0.427. The molecule has 0 fully saturated rings. The Balaban J connectivity index is 3.03. The van der Waals surface area contributed by atoms with Gasteiger partial charge in [0.15, 0.2) is 0 Å². The lowest BCUT2D eigenvalue weighted by molar-refractivity contribution is -0.0903. The fraction of sp³-hybridized carbons (Fsp3) is 0.857. The van der Waals surface area contributed by atoms with Crippen LogP contribution in [-0.4, -0.2) is 32.6 Å². The van der Waals surface area contributed by atoms with Crippen molar-refractivity contribution in [3.8, 4) is 0 Å². The van der Waals surface area contributed by atoms with Crippen LogP contribution in [0, 0.1) is 0 Å². The van der Waals surface area contributed by atoms with Gasteiger partial charge < -0.3 is 14.2 Å². The first-order valence-electron chi connectivity index (χ1n) is 3.53. The van der Waals surface area contributed by atoms with Crippen LogP contribution < -0.4 is 0 Å². The highest BCUT2D eigenvalue weighted by molar-refractivity contribution is 5.38. The zero-order chi connectivity index (χ0) is 8.53. The second-order valence-corrected chi connectivity index (χ2v) is 1.84. The second kappa shape index (κ2) is 7.50. The molecule has 0 N–H and O–H groups in total. The summed E-state index contributed by atoms with van der Waals surface area (Å²) in [5.41, 5.74) is 0. The molecule has 0 heterocycles. The summed E-state index contributed by atoms with van der Waals surface area (Å²) >= 11 is 0. The summed E-state index contributed by atoms with van der Waals surface area (Å²) in [6, 6.07) is 0. The Morgan fingerprint density at radius 3 is 2.73 bits per heavy atom. The summed E-state index contributed by atoms with van der Waals surface area (Å²) in [5, 5.41) is 0. The van der Waals surface area contributed by atoms with Gasteiger partial charge in [0, 0.05) is 6.61 Å². The predicted molar refractivity (Wildman–Crippen MR) is 38.7 cm³/mol.